The van der Waals surface area contributed by atoms with Crippen molar-refractivity contribution >= 4 is 17.7 Å². The number of alkyl halides is 3. The summed E-state index contributed by atoms with van der Waals surface area (Å²) in [5.74, 6) is -4.13. The third-order valence-corrected chi connectivity index (χ3v) is 3.31. The zero-order chi connectivity index (χ0) is 15.6. The molecule has 0 aromatic carbocycles. The Morgan fingerprint density at radius 3 is 2.43 bits per heavy atom. The minimum Gasteiger partial charge on any atom is -0.478 e. The molecule has 1 aromatic heterocycles. The van der Waals surface area contributed by atoms with Crippen LogP contribution in [0.1, 0.15) is 36.0 Å². The van der Waals surface area contributed by atoms with Crippen LogP contribution in [0.25, 0.3) is 0 Å². The number of carboxylic acids is 1. The molecule has 9 heteroatoms. The largest absolute Gasteiger partial charge is 0.478 e. The fourth-order valence-corrected chi connectivity index (χ4v) is 2.40. The van der Waals surface area contributed by atoms with E-state index >= 15 is 0 Å². The SMILES string of the molecule is O=C(O)c1ccnnc1N(C(=O)C(F)(F)F)C1CCCC1. The number of carbonyl (C=O) groups excluding carboxylic acids is 1. The maximum atomic E-state index is 12.8. The molecule has 1 aliphatic rings. The highest BCUT2D eigenvalue weighted by atomic mass is 19.4. The average molecular weight is 303 g/mol. The molecule has 1 saturated carbocycles. The van der Waals surface area contributed by atoms with Gasteiger partial charge in [0.25, 0.3) is 0 Å². The second-order valence-electron chi connectivity index (χ2n) is 4.68. The predicted octanol–water partition coefficient (Wildman–Crippen LogP) is 2.01. The maximum Gasteiger partial charge on any atom is 0.471 e. The van der Waals surface area contributed by atoms with Crippen molar-refractivity contribution in [2.75, 3.05) is 4.90 Å². The van der Waals surface area contributed by atoms with Gasteiger partial charge in [0.15, 0.2) is 5.82 Å². The molecule has 1 aliphatic carbocycles. The fourth-order valence-electron chi connectivity index (χ4n) is 2.40. The van der Waals surface area contributed by atoms with E-state index in [1.54, 1.807) is 0 Å². The predicted molar refractivity (Wildman–Crippen MR) is 64.8 cm³/mol. The number of carboxylic acid groups (broad SMARTS) is 1. The number of aromatic carboxylic acids is 1. The first kappa shape index (κ1) is 15.2. The molecule has 0 unspecified atom stereocenters. The summed E-state index contributed by atoms with van der Waals surface area (Å²) in [4.78, 5) is 23.2. The summed E-state index contributed by atoms with van der Waals surface area (Å²) in [6.45, 7) is 0. The molecule has 114 valence electrons. The second kappa shape index (κ2) is 5.66. The molecule has 0 radical (unpaired) electrons. The van der Waals surface area contributed by atoms with Crippen molar-refractivity contribution in [1.29, 1.82) is 0 Å². The van der Waals surface area contributed by atoms with Crippen LogP contribution in [0.15, 0.2) is 12.3 Å². The first-order valence-corrected chi connectivity index (χ1v) is 6.27. The van der Waals surface area contributed by atoms with Gasteiger partial charge in [0, 0.05) is 6.04 Å². The average Bonchev–Trinajstić information content (AvgIpc) is 2.92. The number of rotatable bonds is 3. The van der Waals surface area contributed by atoms with Crippen LogP contribution in [-0.2, 0) is 4.79 Å². The molecule has 6 nitrogen and oxygen atoms in total. The summed E-state index contributed by atoms with van der Waals surface area (Å²) in [6, 6.07) is 0.310. The van der Waals surface area contributed by atoms with Gasteiger partial charge in [-0.3, -0.25) is 9.69 Å². The van der Waals surface area contributed by atoms with Gasteiger partial charge in [-0.2, -0.15) is 18.3 Å². The molecule has 0 saturated heterocycles. The van der Waals surface area contributed by atoms with E-state index in [2.05, 4.69) is 10.2 Å². The molecule has 21 heavy (non-hydrogen) atoms. The van der Waals surface area contributed by atoms with Crippen LogP contribution in [0.2, 0.25) is 0 Å². The van der Waals surface area contributed by atoms with Crippen molar-refractivity contribution < 1.29 is 27.9 Å². The number of carbonyl (C=O) groups is 2. The van der Waals surface area contributed by atoms with Crippen molar-refractivity contribution in [3.63, 3.8) is 0 Å². The Hall–Kier alpha value is -2.19. The van der Waals surface area contributed by atoms with Crippen LogP contribution in [0, 0.1) is 0 Å². The molecule has 1 amide bonds. The highest BCUT2D eigenvalue weighted by molar-refractivity contribution is 6.02. The van der Waals surface area contributed by atoms with E-state index in [1.165, 1.54) is 0 Å². The first-order valence-electron chi connectivity index (χ1n) is 6.27. The maximum absolute atomic E-state index is 12.8. The van der Waals surface area contributed by atoms with Crippen LogP contribution >= 0.6 is 0 Å². The highest BCUT2D eigenvalue weighted by Gasteiger charge is 2.47. The fraction of sp³-hybridized carbons (Fsp3) is 0.500. The van der Waals surface area contributed by atoms with Crippen molar-refractivity contribution in [1.82, 2.24) is 10.2 Å². The van der Waals surface area contributed by atoms with E-state index in [0.29, 0.717) is 30.6 Å². The number of halogens is 3. The van der Waals surface area contributed by atoms with E-state index in [9.17, 15) is 22.8 Å². The lowest BCUT2D eigenvalue weighted by Crippen LogP contribution is -2.47. The summed E-state index contributed by atoms with van der Waals surface area (Å²) in [6.07, 6.45) is -1.95. The lowest BCUT2D eigenvalue weighted by Gasteiger charge is -2.29. The topological polar surface area (TPSA) is 83.4 Å². The third kappa shape index (κ3) is 3.11. The normalized spacial score (nSPS) is 16.0. The van der Waals surface area contributed by atoms with Crippen LogP contribution in [0.5, 0.6) is 0 Å². The van der Waals surface area contributed by atoms with E-state index < -0.39 is 35.5 Å². The van der Waals surface area contributed by atoms with Gasteiger partial charge in [-0.15, -0.1) is 5.10 Å². The Kier molecular flexibility index (Phi) is 4.10. The Labute approximate surface area is 117 Å². The van der Waals surface area contributed by atoms with Crippen molar-refractivity contribution in [3.8, 4) is 0 Å². The quantitative estimate of drug-likeness (QED) is 0.923. The lowest BCUT2D eigenvalue weighted by atomic mass is 10.1. The molecule has 1 aromatic rings. The van der Waals surface area contributed by atoms with E-state index in [-0.39, 0.29) is 0 Å². The number of nitrogens with zero attached hydrogens (tertiary/aromatic N) is 3. The van der Waals surface area contributed by atoms with Crippen molar-refractivity contribution in [2.24, 2.45) is 0 Å². The molecule has 2 rings (SSSR count). The molecule has 1 heterocycles. The molecular formula is C12H12F3N3O3. The molecule has 1 fully saturated rings. The highest BCUT2D eigenvalue weighted by Crippen LogP contribution is 2.32. The molecule has 0 spiro atoms. The van der Waals surface area contributed by atoms with Gasteiger partial charge in [-0.1, -0.05) is 12.8 Å². The van der Waals surface area contributed by atoms with Gasteiger partial charge in [0.2, 0.25) is 0 Å². The molecular weight excluding hydrogens is 291 g/mol. The molecule has 1 N–H and O–H groups in total. The van der Waals surface area contributed by atoms with Gasteiger partial charge in [0.05, 0.1) is 6.20 Å². The van der Waals surface area contributed by atoms with Crippen LogP contribution in [0.4, 0.5) is 19.0 Å². The Morgan fingerprint density at radius 1 is 1.29 bits per heavy atom. The first-order chi connectivity index (χ1) is 9.82. The summed E-state index contributed by atoms with van der Waals surface area (Å²) in [5, 5.41) is 15.9. The second-order valence-corrected chi connectivity index (χ2v) is 4.68. The molecule has 0 aliphatic heterocycles. The van der Waals surface area contributed by atoms with E-state index in [1.807, 2.05) is 0 Å². The molecule has 0 bridgehead atoms. The van der Waals surface area contributed by atoms with Crippen molar-refractivity contribution in [2.45, 2.75) is 37.9 Å². The van der Waals surface area contributed by atoms with Gasteiger partial charge >= 0.3 is 18.1 Å². The monoisotopic (exact) mass is 303 g/mol. The lowest BCUT2D eigenvalue weighted by molar-refractivity contribution is -0.171. The number of hydrogen-bond acceptors (Lipinski definition) is 4. The summed E-state index contributed by atoms with van der Waals surface area (Å²) < 4.78 is 38.4. The Morgan fingerprint density at radius 2 is 1.90 bits per heavy atom. The number of amides is 1. The number of hydrogen-bond donors (Lipinski definition) is 1. The van der Waals surface area contributed by atoms with E-state index in [4.69, 9.17) is 5.11 Å². The van der Waals surface area contributed by atoms with Gasteiger partial charge < -0.3 is 5.11 Å². The zero-order valence-corrected chi connectivity index (χ0v) is 10.8. The van der Waals surface area contributed by atoms with Crippen molar-refractivity contribution in [3.05, 3.63) is 17.8 Å². The number of anilines is 1. The van der Waals surface area contributed by atoms with Crippen LogP contribution in [-0.4, -0.2) is 39.4 Å². The van der Waals surface area contributed by atoms with Gasteiger partial charge in [-0.05, 0) is 18.9 Å². The smallest absolute Gasteiger partial charge is 0.471 e. The third-order valence-electron chi connectivity index (χ3n) is 3.31. The van der Waals surface area contributed by atoms with Crippen LogP contribution < -0.4 is 4.90 Å². The zero-order valence-electron chi connectivity index (χ0n) is 10.8. The number of aromatic nitrogens is 2. The molecule has 0 atom stereocenters. The summed E-state index contributed by atoms with van der Waals surface area (Å²) in [5.41, 5.74) is -0.477. The van der Waals surface area contributed by atoms with Gasteiger partial charge in [-0.25, -0.2) is 4.79 Å². The minimum absolute atomic E-state index is 0.372. The van der Waals surface area contributed by atoms with Crippen LogP contribution in [0.3, 0.4) is 0 Å². The summed E-state index contributed by atoms with van der Waals surface area (Å²) >= 11 is 0. The standard InChI is InChI=1S/C12H12F3N3O3/c13-12(14,15)11(21)18(7-3-1-2-4-7)9-8(10(19)20)5-6-16-17-9/h5-7H,1-4H2,(H,19,20). The Bertz CT molecular complexity index is 556. The van der Waals surface area contributed by atoms with E-state index in [0.717, 1.165) is 12.3 Å². The Balaban J connectivity index is 2.50. The van der Waals surface area contributed by atoms with Gasteiger partial charge in [0.1, 0.15) is 5.56 Å². The summed E-state index contributed by atoms with van der Waals surface area (Å²) in [7, 11) is 0. The minimum atomic E-state index is -5.10.